The molecule has 0 spiro atoms. The number of benzene rings is 1. The summed E-state index contributed by atoms with van der Waals surface area (Å²) in [5.41, 5.74) is 2.69. The minimum absolute atomic E-state index is 0.123. The molecule has 1 saturated heterocycles. The van der Waals surface area contributed by atoms with Crippen LogP contribution in [-0.4, -0.2) is 21.4 Å². The predicted molar refractivity (Wildman–Crippen MR) is 77.0 cm³/mol. The molecule has 1 fully saturated rings. The molecule has 1 atom stereocenters. The maximum Gasteiger partial charge on any atom is 0.0693 e. The van der Waals surface area contributed by atoms with Crippen LogP contribution in [0.4, 0.5) is 0 Å². The van der Waals surface area contributed by atoms with Crippen LogP contribution in [0.15, 0.2) is 36.4 Å². The summed E-state index contributed by atoms with van der Waals surface area (Å²) in [6, 6.07) is 10.6. The third-order valence-corrected chi connectivity index (χ3v) is 5.65. The number of hydrogen-bond acceptors (Lipinski definition) is 1. The second-order valence-corrected chi connectivity index (χ2v) is 6.82. The number of allylic oxidation sites excluding steroid dienone is 1. The van der Waals surface area contributed by atoms with Gasteiger partial charge in [-0.3, -0.25) is 0 Å². The van der Waals surface area contributed by atoms with E-state index in [9.17, 15) is 0 Å². The van der Waals surface area contributed by atoms with E-state index in [1.807, 2.05) is 0 Å². The summed E-state index contributed by atoms with van der Waals surface area (Å²) >= 11 is 0. The van der Waals surface area contributed by atoms with Crippen LogP contribution in [0.5, 0.6) is 0 Å². The average molecular weight is 246 g/mol. The van der Waals surface area contributed by atoms with Crippen molar-refractivity contribution in [2.24, 2.45) is 0 Å². The summed E-state index contributed by atoms with van der Waals surface area (Å²) in [6.45, 7) is 5.51. The Bertz CT molecular complexity index is 377. The first kappa shape index (κ1) is 12.6. The summed E-state index contributed by atoms with van der Waals surface area (Å²) in [4.78, 5) is 0. The molecule has 92 valence electrons. The first-order valence-electron chi connectivity index (χ1n) is 6.65. The average Bonchev–Trinajstić information content (AvgIpc) is 2.41. The molecule has 1 nitrogen and oxygen atoms in total. The molecule has 0 radical (unpaired) electrons. The molecule has 1 aromatic carbocycles. The maximum absolute atomic E-state index is 6.09. The van der Waals surface area contributed by atoms with Gasteiger partial charge in [0.05, 0.1) is 14.7 Å². The molecule has 0 N–H and O–H groups in total. The van der Waals surface area contributed by atoms with Crippen LogP contribution in [0.2, 0.25) is 6.55 Å². The Morgan fingerprint density at radius 3 is 2.65 bits per heavy atom. The molecule has 0 aromatic heterocycles. The molecule has 17 heavy (non-hydrogen) atoms. The van der Waals surface area contributed by atoms with Crippen molar-refractivity contribution < 1.29 is 4.74 Å². The van der Waals surface area contributed by atoms with Crippen molar-refractivity contribution in [3.05, 3.63) is 42.0 Å². The van der Waals surface area contributed by atoms with Crippen LogP contribution in [0.1, 0.15) is 31.7 Å². The predicted octanol–water partition coefficient (Wildman–Crippen LogP) is 3.20. The Morgan fingerprint density at radius 2 is 2.06 bits per heavy atom. The van der Waals surface area contributed by atoms with Crippen molar-refractivity contribution in [3.8, 4) is 0 Å². The van der Waals surface area contributed by atoms with Gasteiger partial charge in [-0.15, -0.1) is 0 Å². The van der Waals surface area contributed by atoms with Crippen LogP contribution in [0.3, 0.4) is 0 Å². The first-order valence-corrected chi connectivity index (χ1v) is 8.77. The van der Waals surface area contributed by atoms with Gasteiger partial charge in [-0.1, -0.05) is 43.0 Å². The standard InChI is InChI=1S/C15H22OSi/c1-13(14-8-4-3-5-9-14)12-15(17-2)10-6-7-11-16-15/h3-5,8-9,12H,6-7,10-11,17H2,1-2H3. The summed E-state index contributed by atoms with van der Waals surface area (Å²) in [7, 11) is -0.185. The quantitative estimate of drug-likeness (QED) is 0.744. The van der Waals surface area contributed by atoms with Crippen LogP contribution >= 0.6 is 0 Å². The Hall–Kier alpha value is -0.863. The Morgan fingerprint density at radius 1 is 1.29 bits per heavy atom. The summed E-state index contributed by atoms with van der Waals surface area (Å²) in [5, 5.41) is 0.123. The van der Waals surface area contributed by atoms with Crippen molar-refractivity contribution >= 4 is 15.1 Å². The van der Waals surface area contributed by atoms with E-state index in [1.54, 1.807) is 0 Å². The fourth-order valence-corrected chi connectivity index (χ4v) is 4.01. The Balaban J connectivity index is 2.21. The molecule has 1 aliphatic heterocycles. The molecular formula is C15H22OSi. The fraction of sp³-hybridized carbons (Fsp3) is 0.467. The molecular weight excluding hydrogens is 224 g/mol. The molecule has 0 saturated carbocycles. The third-order valence-electron chi connectivity index (χ3n) is 3.69. The second-order valence-electron chi connectivity index (χ2n) is 4.92. The summed E-state index contributed by atoms with van der Waals surface area (Å²) in [5.74, 6) is 0. The molecule has 1 aliphatic rings. The lowest BCUT2D eigenvalue weighted by Gasteiger charge is -2.34. The highest BCUT2D eigenvalue weighted by molar-refractivity contribution is 6.39. The first-order chi connectivity index (χ1) is 8.26. The molecule has 1 heterocycles. The zero-order chi connectivity index (χ0) is 12.1. The normalized spacial score (nSPS) is 26.6. The molecule has 1 unspecified atom stereocenters. The largest absolute Gasteiger partial charge is 0.375 e. The van der Waals surface area contributed by atoms with Gasteiger partial charge in [-0.05, 0) is 37.3 Å². The van der Waals surface area contributed by atoms with E-state index in [-0.39, 0.29) is 14.7 Å². The molecule has 0 amide bonds. The van der Waals surface area contributed by atoms with E-state index in [0.717, 1.165) is 6.61 Å². The summed E-state index contributed by atoms with van der Waals surface area (Å²) < 4.78 is 6.09. The SMILES string of the molecule is C[SiH2]C1(C=C(C)c2ccccc2)CCCCO1. The van der Waals surface area contributed by atoms with E-state index < -0.39 is 0 Å². The highest BCUT2D eigenvalue weighted by atomic mass is 28.2. The minimum atomic E-state index is -0.185. The molecule has 2 rings (SSSR count). The molecule has 0 aliphatic carbocycles. The highest BCUT2D eigenvalue weighted by Crippen LogP contribution is 2.28. The van der Waals surface area contributed by atoms with Crippen LogP contribution in [0.25, 0.3) is 5.57 Å². The van der Waals surface area contributed by atoms with Gasteiger partial charge in [0, 0.05) is 6.61 Å². The minimum Gasteiger partial charge on any atom is -0.375 e. The lowest BCUT2D eigenvalue weighted by Crippen LogP contribution is -2.39. The number of hydrogen-bond donors (Lipinski definition) is 0. The van der Waals surface area contributed by atoms with E-state index in [0.29, 0.717) is 0 Å². The zero-order valence-electron chi connectivity index (χ0n) is 10.9. The molecule has 0 bridgehead atoms. The van der Waals surface area contributed by atoms with Gasteiger partial charge in [-0.25, -0.2) is 0 Å². The van der Waals surface area contributed by atoms with Gasteiger partial charge >= 0.3 is 0 Å². The van der Waals surface area contributed by atoms with Gasteiger partial charge in [0.2, 0.25) is 0 Å². The van der Waals surface area contributed by atoms with Crippen LogP contribution in [0, 0.1) is 0 Å². The van der Waals surface area contributed by atoms with Gasteiger partial charge in [0.25, 0.3) is 0 Å². The topological polar surface area (TPSA) is 9.23 Å². The number of ether oxygens (including phenoxy) is 1. The fourth-order valence-electron chi connectivity index (χ4n) is 2.55. The monoisotopic (exact) mass is 246 g/mol. The van der Waals surface area contributed by atoms with E-state index in [1.165, 1.54) is 30.4 Å². The van der Waals surface area contributed by atoms with Gasteiger partial charge in [0.1, 0.15) is 0 Å². The zero-order valence-corrected chi connectivity index (χ0v) is 12.3. The Kier molecular flexibility index (Phi) is 4.19. The number of rotatable bonds is 3. The Labute approximate surface area is 107 Å². The van der Waals surface area contributed by atoms with Crippen LogP contribution in [-0.2, 0) is 4.74 Å². The van der Waals surface area contributed by atoms with Crippen molar-refractivity contribution in [1.29, 1.82) is 0 Å². The van der Waals surface area contributed by atoms with Crippen molar-refractivity contribution in [3.63, 3.8) is 0 Å². The van der Waals surface area contributed by atoms with Crippen molar-refractivity contribution in [1.82, 2.24) is 0 Å². The van der Waals surface area contributed by atoms with E-state index in [2.05, 4.69) is 49.9 Å². The summed E-state index contributed by atoms with van der Waals surface area (Å²) in [6.07, 6.45) is 6.17. The smallest absolute Gasteiger partial charge is 0.0693 e. The second kappa shape index (κ2) is 5.65. The molecule has 2 heteroatoms. The highest BCUT2D eigenvalue weighted by Gasteiger charge is 2.29. The van der Waals surface area contributed by atoms with Crippen molar-refractivity contribution in [2.45, 2.75) is 38.0 Å². The lowest BCUT2D eigenvalue weighted by atomic mass is 10.0. The maximum atomic E-state index is 6.09. The third kappa shape index (κ3) is 3.08. The van der Waals surface area contributed by atoms with E-state index >= 15 is 0 Å². The lowest BCUT2D eigenvalue weighted by molar-refractivity contribution is 0.0134. The van der Waals surface area contributed by atoms with Gasteiger partial charge < -0.3 is 4.74 Å². The van der Waals surface area contributed by atoms with E-state index in [4.69, 9.17) is 4.74 Å². The van der Waals surface area contributed by atoms with Crippen LogP contribution < -0.4 is 0 Å². The molecule has 1 aromatic rings. The van der Waals surface area contributed by atoms with Crippen molar-refractivity contribution in [2.75, 3.05) is 6.61 Å². The van der Waals surface area contributed by atoms with Gasteiger partial charge in [0.15, 0.2) is 0 Å². The van der Waals surface area contributed by atoms with Gasteiger partial charge in [-0.2, -0.15) is 0 Å².